The van der Waals surface area contributed by atoms with Crippen LogP contribution in [0.15, 0.2) is 4.99 Å². The van der Waals surface area contributed by atoms with Crippen LogP contribution in [0.3, 0.4) is 0 Å². The molecule has 0 aliphatic heterocycles. The molecule has 25 heavy (non-hydrogen) atoms. The van der Waals surface area contributed by atoms with Crippen molar-refractivity contribution in [1.29, 1.82) is 0 Å². The summed E-state index contributed by atoms with van der Waals surface area (Å²) in [7, 11) is 1.89. The fourth-order valence-electron chi connectivity index (χ4n) is 3.34. The molecule has 2 N–H and O–H groups in total. The first-order valence-electron chi connectivity index (χ1n) is 8.83. The number of guanidine groups is 1. The Morgan fingerprint density at radius 1 is 1.32 bits per heavy atom. The Labute approximate surface area is 147 Å². The molecule has 0 bridgehead atoms. The van der Waals surface area contributed by atoms with Gasteiger partial charge >= 0.3 is 6.18 Å². The molecule has 8 heteroatoms. The average Bonchev–Trinajstić information content (AvgIpc) is 2.77. The number of halogens is 3. The monoisotopic (exact) mass is 359 g/mol. The molecule has 142 valence electrons. The van der Waals surface area contributed by atoms with Crippen LogP contribution in [-0.4, -0.2) is 34.5 Å². The molecule has 1 aliphatic rings. The smallest absolute Gasteiger partial charge is 0.357 e. The molecular weight excluding hydrogens is 331 g/mol. The van der Waals surface area contributed by atoms with Crippen molar-refractivity contribution in [2.75, 3.05) is 6.54 Å². The maximum atomic E-state index is 13.0. The van der Waals surface area contributed by atoms with Gasteiger partial charge in [0, 0.05) is 30.9 Å². The molecule has 0 amide bonds. The lowest BCUT2D eigenvalue weighted by Crippen LogP contribution is -2.46. The second-order valence-corrected chi connectivity index (χ2v) is 6.71. The van der Waals surface area contributed by atoms with Crippen LogP contribution >= 0.6 is 0 Å². The van der Waals surface area contributed by atoms with Crippen LogP contribution in [0.5, 0.6) is 0 Å². The topological polar surface area (TPSA) is 54.2 Å². The first-order valence-corrected chi connectivity index (χ1v) is 8.83. The molecule has 1 saturated carbocycles. The Morgan fingerprint density at radius 3 is 2.60 bits per heavy atom. The molecule has 2 rings (SSSR count). The van der Waals surface area contributed by atoms with E-state index in [0.717, 1.165) is 23.4 Å². The predicted octanol–water partition coefficient (Wildman–Crippen LogP) is 3.21. The lowest BCUT2D eigenvalue weighted by atomic mass is 9.85. The van der Waals surface area contributed by atoms with E-state index in [1.807, 2.05) is 32.5 Å². The van der Waals surface area contributed by atoms with Gasteiger partial charge in [0.1, 0.15) is 0 Å². The van der Waals surface area contributed by atoms with Crippen LogP contribution in [0.4, 0.5) is 13.2 Å². The predicted molar refractivity (Wildman–Crippen MR) is 92.4 cm³/mol. The van der Waals surface area contributed by atoms with Crippen molar-refractivity contribution >= 4 is 5.96 Å². The molecule has 0 aromatic carbocycles. The molecule has 0 radical (unpaired) electrons. The van der Waals surface area contributed by atoms with Gasteiger partial charge in [0.2, 0.25) is 0 Å². The standard InChI is InChI=1S/C17H28F3N5/c1-5-21-16(22-10-15-11(2)24-25(4)12(15)3)23-14-8-6-7-13(9-14)17(18,19)20/h13-14H,5-10H2,1-4H3,(H2,21,22,23). The number of hydrogen-bond donors (Lipinski definition) is 2. The van der Waals surface area contributed by atoms with E-state index in [1.54, 1.807) is 0 Å². The van der Waals surface area contributed by atoms with Crippen LogP contribution in [0.2, 0.25) is 0 Å². The fraction of sp³-hybridized carbons (Fsp3) is 0.765. The van der Waals surface area contributed by atoms with Gasteiger partial charge in [-0.1, -0.05) is 6.42 Å². The van der Waals surface area contributed by atoms with Crippen molar-refractivity contribution in [1.82, 2.24) is 20.4 Å². The molecule has 1 aliphatic carbocycles. The SMILES string of the molecule is CCNC(=NCc1c(C)nn(C)c1C)NC1CCCC(C(F)(F)F)C1. The Bertz CT molecular complexity index is 606. The summed E-state index contributed by atoms with van der Waals surface area (Å²) < 4.78 is 40.7. The molecule has 1 fully saturated rings. The minimum atomic E-state index is -4.11. The molecule has 0 saturated heterocycles. The molecule has 1 heterocycles. The number of aromatic nitrogens is 2. The van der Waals surface area contributed by atoms with Crippen molar-refractivity contribution in [3.05, 3.63) is 17.0 Å². The van der Waals surface area contributed by atoms with E-state index in [9.17, 15) is 13.2 Å². The van der Waals surface area contributed by atoms with Crippen LogP contribution < -0.4 is 10.6 Å². The number of rotatable bonds is 4. The summed E-state index contributed by atoms with van der Waals surface area (Å²) in [5.41, 5.74) is 3.03. The number of nitrogens with zero attached hydrogens (tertiary/aromatic N) is 3. The lowest BCUT2D eigenvalue weighted by molar-refractivity contribution is -0.183. The summed E-state index contributed by atoms with van der Waals surface area (Å²) in [6.07, 6.45) is -2.45. The molecule has 0 spiro atoms. The highest BCUT2D eigenvalue weighted by molar-refractivity contribution is 5.80. The average molecular weight is 359 g/mol. The van der Waals surface area contributed by atoms with Crippen molar-refractivity contribution < 1.29 is 13.2 Å². The summed E-state index contributed by atoms with van der Waals surface area (Å²) in [4.78, 5) is 4.56. The third kappa shape index (κ3) is 5.12. The maximum absolute atomic E-state index is 13.0. The second-order valence-electron chi connectivity index (χ2n) is 6.71. The summed E-state index contributed by atoms with van der Waals surface area (Å²) in [5.74, 6) is -0.651. The van der Waals surface area contributed by atoms with Gasteiger partial charge in [-0.15, -0.1) is 0 Å². The molecule has 2 atom stereocenters. The highest BCUT2D eigenvalue weighted by Gasteiger charge is 2.42. The lowest BCUT2D eigenvalue weighted by Gasteiger charge is -2.31. The van der Waals surface area contributed by atoms with E-state index in [1.165, 1.54) is 0 Å². The van der Waals surface area contributed by atoms with E-state index in [0.29, 0.717) is 25.5 Å². The number of aliphatic imine (C=N–C) groups is 1. The van der Waals surface area contributed by atoms with Gasteiger partial charge in [0.05, 0.1) is 18.2 Å². The highest BCUT2D eigenvalue weighted by atomic mass is 19.4. The van der Waals surface area contributed by atoms with Gasteiger partial charge in [-0.3, -0.25) is 4.68 Å². The molecular formula is C17H28F3N5. The van der Waals surface area contributed by atoms with Crippen LogP contribution in [-0.2, 0) is 13.6 Å². The zero-order valence-corrected chi connectivity index (χ0v) is 15.4. The number of alkyl halides is 3. The summed E-state index contributed by atoms with van der Waals surface area (Å²) >= 11 is 0. The van der Waals surface area contributed by atoms with Gasteiger partial charge in [-0.2, -0.15) is 18.3 Å². The first-order chi connectivity index (χ1) is 11.7. The van der Waals surface area contributed by atoms with Crippen molar-refractivity contribution in [3.8, 4) is 0 Å². The van der Waals surface area contributed by atoms with Gasteiger partial charge in [-0.05, 0) is 40.0 Å². The summed E-state index contributed by atoms with van der Waals surface area (Å²) in [6.45, 7) is 6.98. The normalized spacial score (nSPS) is 22.1. The summed E-state index contributed by atoms with van der Waals surface area (Å²) in [6, 6.07) is -0.200. The van der Waals surface area contributed by atoms with E-state index in [2.05, 4.69) is 20.7 Å². The Hall–Kier alpha value is -1.73. The number of hydrogen-bond acceptors (Lipinski definition) is 2. The minimum absolute atomic E-state index is 0.110. The highest BCUT2D eigenvalue weighted by Crippen LogP contribution is 2.37. The molecule has 1 aromatic heterocycles. The maximum Gasteiger partial charge on any atom is 0.391 e. The van der Waals surface area contributed by atoms with Crippen molar-refractivity contribution in [2.24, 2.45) is 18.0 Å². The number of aryl methyl sites for hydroxylation is 2. The zero-order chi connectivity index (χ0) is 18.6. The Kier molecular flexibility index (Phi) is 6.35. The zero-order valence-electron chi connectivity index (χ0n) is 15.4. The van der Waals surface area contributed by atoms with Crippen LogP contribution in [0.1, 0.15) is 49.6 Å². The quantitative estimate of drug-likeness (QED) is 0.641. The van der Waals surface area contributed by atoms with Crippen molar-refractivity contribution in [2.45, 2.75) is 65.2 Å². The third-order valence-corrected chi connectivity index (χ3v) is 4.88. The second kappa shape index (κ2) is 8.10. The Morgan fingerprint density at radius 2 is 2.04 bits per heavy atom. The molecule has 5 nitrogen and oxygen atoms in total. The van der Waals surface area contributed by atoms with Gasteiger partial charge in [0.25, 0.3) is 0 Å². The van der Waals surface area contributed by atoms with E-state index in [4.69, 9.17) is 0 Å². The van der Waals surface area contributed by atoms with E-state index in [-0.39, 0.29) is 18.9 Å². The van der Waals surface area contributed by atoms with Crippen molar-refractivity contribution in [3.63, 3.8) is 0 Å². The van der Waals surface area contributed by atoms with E-state index >= 15 is 0 Å². The van der Waals surface area contributed by atoms with Gasteiger partial charge in [-0.25, -0.2) is 4.99 Å². The van der Waals surface area contributed by atoms with Gasteiger partial charge in [0.15, 0.2) is 5.96 Å². The van der Waals surface area contributed by atoms with Crippen LogP contribution in [0.25, 0.3) is 0 Å². The van der Waals surface area contributed by atoms with Crippen LogP contribution in [0, 0.1) is 19.8 Å². The third-order valence-electron chi connectivity index (χ3n) is 4.88. The number of nitrogens with one attached hydrogen (secondary N) is 2. The minimum Gasteiger partial charge on any atom is -0.357 e. The molecule has 1 aromatic rings. The fourth-order valence-corrected chi connectivity index (χ4v) is 3.34. The largest absolute Gasteiger partial charge is 0.391 e. The van der Waals surface area contributed by atoms with Gasteiger partial charge < -0.3 is 10.6 Å². The Balaban J connectivity index is 2.04. The molecule has 2 unspecified atom stereocenters. The van der Waals surface area contributed by atoms with E-state index < -0.39 is 12.1 Å². The first kappa shape index (κ1) is 19.6. The summed E-state index contributed by atoms with van der Waals surface area (Å²) in [5, 5.41) is 10.7.